The van der Waals surface area contributed by atoms with Gasteiger partial charge in [-0.05, 0) is 12.1 Å². The van der Waals surface area contributed by atoms with Gasteiger partial charge in [0, 0.05) is 0 Å². The third kappa shape index (κ3) is 3.81. The second kappa shape index (κ2) is 6.69. The van der Waals surface area contributed by atoms with Gasteiger partial charge in [0.1, 0.15) is 5.88 Å². The molecular formula is C13H10ClF3N4O2. The molecule has 0 aliphatic carbocycles. The van der Waals surface area contributed by atoms with Crippen LogP contribution in [-0.2, 0) is 11.0 Å². The van der Waals surface area contributed by atoms with Gasteiger partial charge in [0.2, 0.25) is 0 Å². The maximum atomic E-state index is 13.3. The molecule has 2 aromatic rings. The minimum absolute atomic E-state index is 0.142. The molecule has 0 saturated heterocycles. The highest BCUT2D eigenvalue weighted by molar-refractivity contribution is 6.27. The van der Waals surface area contributed by atoms with Crippen LogP contribution in [0.2, 0.25) is 0 Å². The number of hydrogen-bond acceptors (Lipinski definition) is 3. The number of hydrazine groups is 1. The van der Waals surface area contributed by atoms with Gasteiger partial charge >= 0.3 is 6.18 Å². The van der Waals surface area contributed by atoms with E-state index in [0.29, 0.717) is 4.68 Å². The largest absolute Gasteiger partial charge is 0.434 e. The highest BCUT2D eigenvalue weighted by Crippen LogP contribution is 2.33. The van der Waals surface area contributed by atoms with Crippen LogP contribution < -0.4 is 10.9 Å². The van der Waals surface area contributed by atoms with Gasteiger partial charge in [-0.3, -0.25) is 20.4 Å². The lowest BCUT2D eigenvalue weighted by molar-refractivity contribution is -0.143. The zero-order valence-corrected chi connectivity index (χ0v) is 12.1. The number of aromatic nitrogens is 2. The average molecular weight is 347 g/mol. The van der Waals surface area contributed by atoms with E-state index in [1.165, 1.54) is 24.3 Å². The molecule has 122 valence electrons. The molecule has 0 atom stereocenters. The molecule has 0 saturated carbocycles. The highest BCUT2D eigenvalue weighted by atomic mass is 35.5. The van der Waals surface area contributed by atoms with Crippen molar-refractivity contribution in [2.24, 2.45) is 0 Å². The minimum atomic E-state index is -4.82. The zero-order valence-electron chi connectivity index (χ0n) is 11.4. The Labute approximate surface area is 133 Å². The lowest BCUT2D eigenvalue weighted by Gasteiger charge is -2.12. The fourth-order valence-electron chi connectivity index (χ4n) is 1.78. The lowest BCUT2D eigenvalue weighted by Crippen LogP contribution is -2.42. The molecule has 2 amide bonds. The molecule has 6 nitrogen and oxygen atoms in total. The Bertz CT molecular complexity index is 716. The van der Waals surface area contributed by atoms with Crippen LogP contribution in [0.15, 0.2) is 36.5 Å². The second-order valence-electron chi connectivity index (χ2n) is 4.29. The molecule has 10 heteroatoms. The minimum Gasteiger partial charge on any atom is -0.272 e. The quantitative estimate of drug-likeness (QED) is 0.658. The fraction of sp³-hybridized carbons (Fsp3) is 0.154. The fourth-order valence-corrected chi connectivity index (χ4v) is 1.85. The molecule has 1 aromatic heterocycles. The van der Waals surface area contributed by atoms with E-state index in [9.17, 15) is 22.8 Å². The topological polar surface area (TPSA) is 76.0 Å². The summed E-state index contributed by atoms with van der Waals surface area (Å²) >= 11 is 5.21. The van der Waals surface area contributed by atoms with Gasteiger partial charge in [0.05, 0.1) is 17.4 Å². The monoisotopic (exact) mass is 346 g/mol. The number of carbonyl (C=O) groups is 2. The number of alkyl halides is 4. The van der Waals surface area contributed by atoms with Crippen LogP contribution in [0.25, 0.3) is 5.69 Å². The second-order valence-corrected chi connectivity index (χ2v) is 4.56. The van der Waals surface area contributed by atoms with E-state index in [2.05, 4.69) is 5.10 Å². The molecule has 2 rings (SSSR count). The summed E-state index contributed by atoms with van der Waals surface area (Å²) < 4.78 is 40.5. The number of halogens is 4. The molecule has 1 heterocycles. The van der Waals surface area contributed by atoms with E-state index < -0.39 is 35.1 Å². The number of rotatable bonds is 3. The number of carbonyl (C=O) groups excluding carboxylic acids is 2. The van der Waals surface area contributed by atoms with Crippen molar-refractivity contribution < 1.29 is 22.8 Å². The third-order valence-corrected chi connectivity index (χ3v) is 2.96. The Kier molecular flexibility index (Phi) is 4.89. The van der Waals surface area contributed by atoms with E-state index >= 15 is 0 Å². The molecular weight excluding hydrogens is 337 g/mol. The Balaban J connectivity index is 2.40. The maximum absolute atomic E-state index is 13.3. The summed E-state index contributed by atoms with van der Waals surface area (Å²) in [5.41, 5.74) is 1.90. The maximum Gasteiger partial charge on any atom is 0.434 e. The number of benzene rings is 1. The Morgan fingerprint density at radius 3 is 2.39 bits per heavy atom. The van der Waals surface area contributed by atoms with Crippen LogP contribution in [-0.4, -0.2) is 27.5 Å². The predicted molar refractivity (Wildman–Crippen MR) is 74.9 cm³/mol. The highest BCUT2D eigenvalue weighted by Gasteiger charge is 2.40. The number of para-hydroxylation sites is 1. The number of nitrogens with zero attached hydrogens (tertiary/aromatic N) is 2. The van der Waals surface area contributed by atoms with Crippen molar-refractivity contribution in [3.63, 3.8) is 0 Å². The van der Waals surface area contributed by atoms with Gasteiger partial charge in [0.15, 0.2) is 5.69 Å². The van der Waals surface area contributed by atoms with Gasteiger partial charge in [-0.2, -0.15) is 18.3 Å². The summed E-state index contributed by atoms with van der Waals surface area (Å²) in [6, 6.07) is 7.54. The van der Waals surface area contributed by atoms with E-state index in [1.54, 1.807) is 6.07 Å². The summed E-state index contributed by atoms with van der Waals surface area (Å²) in [7, 11) is 0. The summed E-state index contributed by atoms with van der Waals surface area (Å²) in [4.78, 5) is 22.8. The molecule has 0 radical (unpaired) electrons. The first-order chi connectivity index (χ1) is 10.8. The van der Waals surface area contributed by atoms with E-state index in [4.69, 9.17) is 11.6 Å². The molecule has 23 heavy (non-hydrogen) atoms. The van der Waals surface area contributed by atoms with Gasteiger partial charge < -0.3 is 0 Å². The number of amides is 2. The van der Waals surface area contributed by atoms with Gasteiger partial charge in [0.25, 0.3) is 11.8 Å². The first-order valence-corrected chi connectivity index (χ1v) is 6.74. The van der Waals surface area contributed by atoms with Crippen LogP contribution >= 0.6 is 11.6 Å². The van der Waals surface area contributed by atoms with Crippen LogP contribution in [0.3, 0.4) is 0 Å². The average Bonchev–Trinajstić information content (AvgIpc) is 2.98. The van der Waals surface area contributed by atoms with Crippen LogP contribution in [0.4, 0.5) is 13.2 Å². The summed E-state index contributed by atoms with van der Waals surface area (Å²) in [5.74, 6) is -2.36. The summed E-state index contributed by atoms with van der Waals surface area (Å²) in [6.45, 7) is 0. The molecule has 1 aromatic carbocycles. The van der Waals surface area contributed by atoms with Crippen molar-refractivity contribution in [3.05, 3.63) is 47.8 Å². The zero-order chi connectivity index (χ0) is 17.0. The standard InChI is InChI=1S/C13H10ClF3N4O2/c14-6-10(22)19-20-12(23)9-7-18-21(11(9)13(15,16)17)8-4-2-1-3-5-8/h1-5,7H,6H2,(H,19,22)(H,20,23). The van der Waals surface area contributed by atoms with Crippen molar-refractivity contribution in [3.8, 4) is 5.69 Å². The molecule has 2 N–H and O–H groups in total. The van der Waals surface area contributed by atoms with Crippen molar-refractivity contribution in [1.29, 1.82) is 0 Å². The first kappa shape index (κ1) is 16.8. The van der Waals surface area contributed by atoms with E-state index in [-0.39, 0.29) is 5.69 Å². The normalized spacial score (nSPS) is 11.1. The third-order valence-electron chi connectivity index (χ3n) is 2.72. The van der Waals surface area contributed by atoms with Crippen LogP contribution in [0.5, 0.6) is 0 Å². The molecule has 0 unspecified atom stereocenters. The van der Waals surface area contributed by atoms with Crippen molar-refractivity contribution in [2.45, 2.75) is 6.18 Å². The lowest BCUT2D eigenvalue weighted by atomic mass is 10.2. The van der Waals surface area contributed by atoms with Gasteiger partial charge in [-0.15, -0.1) is 11.6 Å². The smallest absolute Gasteiger partial charge is 0.272 e. The van der Waals surface area contributed by atoms with Gasteiger partial charge in [-0.1, -0.05) is 18.2 Å². The first-order valence-electron chi connectivity index (χ1n) is 6.20. The van der Waals surface area contributed by atoms with Crippen molar-refractivity contribution in [1.82, 2.24) is 20.6 Å². The predicted octanol–water partition coefficient (Wildman–Crippen LogP) is 1.89. The molecule has 0 bridgehead atoms. The molecule has 0 aliphatic heterocycles. The summed E-state index contributed by atoms with van der Waals surface area (Å²) in [6.07, 6.45) is -4.05. The van der Waals surface area contributed by atoms with Crippen molar-refractivity contribution >= 4 is 23.4 Å². The van der Waals surface area contributed by atoms with E-state index in [0.717, 1.165) is 6.20 Å². The Morgan fingerprint density at radius 2 is 1.83 bits per heavy atom. The Morgan fingerprint density at radius 1 is 1.17 bits per heavy atom. The summed E-state index contributed by atoms with van der Waals surface area (Å²) in [5, 5.41) is 3.62. The van der Waals surface area contributed by atoms with Crippen molar-refractivity contribution in [2.75, 3.05) is 5.88 Å². The SMILES string of the molecule is O=C(CCl)NNC(=O)c1cnn(-c2ccccc2)c1C(F)(F)F. The number of nitrogens with one attached hydrogen (secondary N) is 2. The van der Waals surface area contributed by atoms with Crippen LogP contribution in [0.1, 0.15) is 16.1 Å². The van der Waals surface area contributed by atoms with Crippen LogP contribution in [0, 0.1) is 0 Å². The Hall–Kier alpha value is -2.55. The molecule has 0 aliphatic rings. The van der Waals surface area contributed by atoms with Gasteiger partial charge in [-0.25, -0.2) is 4.68 Å². The molecule has 0 spiro atoms. The van der Waals surface area contributed by atoms with E-state index in [1.807, 2.05) is 10.9 Å². The molecule has 0 fully saturated rings. The number of hydrogen-bond donors (Lipinski definition) is 2.